The summed E-state index contributed by atoms with van der Waals surface area (Å²) in [6.45, 7) is 11.8. The molecule has 1 aromatic heterocycles. The largest absolute Gasteiger partial charge is 0.491 e. The zero-order chi connectivity index (χ0) is 38.8. The molecule has 0 bridgehead atoms. The minimum absolute atomic E-state index is 0.00891. The van der Waals surface area contributed by atoms with Gasteiger partial charge in [0.1, 0.15) is 31.0 Å². The second-order valence-electron chi connectivity index (χ2n) is 13.4. The average molecular weight is 767 g/mol. The minimum Gasteiger partial charge on any atom is -0.491 e. The summed E-state index contributed by atoms with van der Waals surface area (Å²) >= 11 is 1.52. The van der Waals surface area contributed by atoms with Gasteiger partial charge in [-0.25, -0.2) is 9.78 Å². The van der Waals surface area contributed by atoms with Crippen LogP contribution >= 0.6 is 11.3 Å². The predicted molar refractivity (Wildman–Crippen MR) is 195 cm³/mol. The molecule has 17 heteroatoms. The van der Waals surface area contributed by atoms with Crippen LogP contribution in [0.25, 0.3) is 10.4 Å². The molecule has 2 heterocycles. The fraction of sp³-hybridized carbons (Fsp3) is 0.639. The zero-order valence-corrected chi connectivity index (χ0v) is 32.0. The smallest absolute Gasteiger partial charge is 0.329 e. The number of carboxylic acids is 1. The first kappa shape index (κ1) is 43.7. The van der Waals surface area contributed by atoms with Crippen molar-refractivity contribution in [3.8, 4) is 16.2 Å². The van der Waals surface area contributed by atoms with E-state index in [4.69, 9.17) is 33.5 Å². The number of rotatable bonds is 24. The molecule has 16 nitrogen and oxygen atoms in total. The Morgan fingerprint density at radius 3 is 2.06 bits per heavy atom. The number of amides is 3. The molecule has 1 fully saturated rings. The summed E-state index contributed by atoms with van der Waals surface area (Å²) in [6, 6.07) is 3.95. The quantitative estimate of drug-likeness (QED) is 0.113. The van der Waals surface area contributed by atoms with Crippen molar-refractivity contribution >= 4 is 35.0 Å². The molecule has 0 radical (unpaired) electrons. The van der Waals surface area contributed by atoms with Gasteiger partial charge in [-0.3, -0.25) is 14.4 Å². The second-order valence-corrected chi connectivity index (χ2v) is 14.3. The van der Waals surface area contributed by atoms with Crippen molar-refractivity contribution in [2.45, 2.75) is 65.8 Å². The van der Waals surface area contributed by atoms with Crippen LogP contribution in [0.5, 0.6) is 5.75 Å². The Morgan fingerprint density at radius 2 is 1.53 bits per heavy atom. The topological polar surface area (TPSA) is 204 Å². The molecule has 1 aliphatic rings. The molecular formula is C36H54N4O12S. The SMILES string of the molecule is CC(=O)NC(C(=O)N1CC(O)CC1C(=O)NCc1ccc(-c2scnc2C)cc1OCCOCCOCCOCCOCCOCC(=O)O)C(C)(C)C. The van der Waals surface area contributed by atoms with Crippen molar-refractivity contribution in [3.63, 3.8) is 0 Å². The zero-order valence-electron chi connectivity index (χ0n) is 31.2. The van der Waals surface area contributed by atoms with Gasteiger partial charge in [0.25, 0.3) is 0 Å². The van der Waals surface area contributed by atoms with Gasteiger partial charge in [0.05, 0.1) is 81.6 Å². The third-order valence-corrected chi connectivity index (χ3v) is 9.03. The summed E-state index contributed by atoms with van der Waals surface area (Å²) in [5, 5.41) is 24.6. The molecule has 3 atom stereocenters. The van der Waals surface area contributed by atoms with Crippen LogP contribution in [-0.4, -0.2) is 141 Å². The van der Waals surface area contributed by atoms with Crippen LogP contribution in [0.2, 0.25) is 0 Å². The van der Waals surface area contributed by atoms with E-state index in [2.05, 4.69) is 15.6 Å². The number of aliphatic hydroxyl groups excluding tert-OH is 1. The molecule has 0 aliphatic carbocycles. The Hall–Kier alpha value is -3.71. The predicted octanol–water partition coefficient (Wildman–Crippen LogP) is 1.79. The number of ether oxygens (including phenoxy) is 6. The maximum atomic E-state index is 13.6. The van der Waals surface area contributed by atoms with Crippen molar-refractivity contribution in [2.75, 3.05) is 79.2 Å². The van der Waals surface area contributed by atoms with E-state index in [0.29, 0.717) is 64.2 Å². The Balaban J connectivity index is 1.47. The highest BCUT2D eigenvalue weighted by Gasteiger charge is 2.44. The van der Waals surface area contributed by atoms with E-state index < -0.39 is 41.4 Å². The summed E-state index contributed by atoms with van der Waals surface area (Å²) in [4.78, 5) is 56.1. The van der Waals surface area contributed by atoms with Crippen LogP contribution in [0, 0.1) is 12.3 Å². The summed E-state index contributed by atoms with van der Waals surface area (Å²) in [5.74, 6) is -1.65. The Kier molecular flexibility index (Phi) is 18.5. The number of benzene rings is 1. The number of nitrogens with one attached hydrogen (secondary N) is 2. The number of likely N-dealkylation sites (tertiary alicyclic amines) is 1. The number of carboxylic acid groups (broad SMARTS) is 1. The van der Waals surface area contributed by atoms with Crippen LogP contribution in [0.4, 0.5) is 0 Å². The summed E-state index contributed by atoms with van der Waals surface area (Å²) in [7, 11) is 0. The molecule has 3 amide bonds. The maximum Gasteiger partial charge on any atom is 0.329 e. The van der Waals surface area contributed by atoms with Crippen LogP contribution < -0.4 is 15.4 Å². The Morgan fingerprint density at radius 1 is 0.943 bits per heavy atom. The van der Waals surface area contributed by atoms with Gasteiger partial charge < -0.3 is 54.2 Å². The monoisotopic (exact) mass is 766 g/mol. The van der Waals surface area contributed by atoms with Gasteiger partial charge in [0, 0.05) is 32.0 Å². The molecule has 0 saturated carbocycles. The molecule has 296 valence electrons. The third kappa shape index (κ3) is 15.3. The first-order valence-corrected chi connectivity index (χ1v) is 18.5. The number of aryl methyl sites for hydroxylation is 1. The minimum atomic E-state index is -1.02. The van der Waals surface area contributed by atoms with Crippen molar-refractivity contribution in [1.82, 2.24) is 20.5 Å². The lowest BCUT2D eigenvalue weighted by Crippen LogP contribution is -2.57. The molecule has 1 aromatic carbocycles. The number of nitrogens with zero attached hydrogens (tertiary/aromatic N) is 2. The van der Waals surface area contributed by atoms with Gasteiger partial charge >= 0.3 is 5.97 Å². The fourth-order valence-corrected chi connectivity index (χ4v) is 6.23. The normalized spacial score (nSPS) is 16.4. The van der Waals surface area contributed by atoms with Crippen LogP contribution in [-0.2, 0) is 49.4 Å². The highest BCUT2D eigenvalue weighted by atomic mass is 32.1. The summed E-state index contributed by atoms with van der Waals surface area (Å²) in [5.41, 5.74) is 3.69. The van der Waals surface area contributed by atoms with Crippen molar-refractivity contribution in [3.05, 3.63) is 35.0 Å². The van der Waals surface area contributed by atoms with Gasteiger partial charge in [-0.15, -0.1) is 11.3 Å². The number of hydrogen-bond donors (Lipinski definition) is 4. The van der Waals surface area contributed by atoms with Crippen molar-refractivity contribution in [1.29, 1.82) is 0 Å². The number of β-amino-alcohol motifs (C(OH)–C–C–N with tert-alkyl or cyclic N) is 1. The van der Waals surface area contributed by atoms with Crippen molar-refractivity contribution < 1.29 is 57.8 Å². The third-order valence-electron chi connectivity index (χ3n) is 8.05. The van der Waals surface area contributed by atoms with Gasteiger partial charge in [0.2, 0.25) is 17.7 Å². The number of carbonyl (C=O) groups is 4. The second kappa shape index (κ2) is 22.5. The first-order chi connectivity index (χ1) is 25.3. The molecule has 53 heavy (non-hydrogen) atoms. The summed E-state index contributed by atoms with van der Waals surface area (Å²) < 4.78 is 32.9. The number of thiazole rings is 1. The fourth-order valence-electron chi connectivity index (χ4n) is 5.43. The van der Waals surface area contributed by atoms with E-state index in [1.54, 1.807) is 5.51 Å². The lowest BCUT2D eigenvalue weighted by atomic mass is 9.85. The molecule has 1 aliphatic heterocycles. The van der Waals surface area contributed by atoms with Crippen LogP contribution in [0.1, 0.15) is 45.4 Å². The van der Waals surface area contributed by atoms with E-state index in [0.717, 1.165) is 16.1 Å². The standard InChI is InChI=1S/C36H54N4O12S/c1-24-32(53-23-38-24)26-6-7-27(20-37-34(45)29-19-28(42)21-40(29)35(46)33(36(3,4)5)39-25(2)41)30(18-26)52-17-16-50-13-12-48-9-8-47-10-11-49-14-15-51-22-31(43)44/h6-7,18,23,28-29,33,42H,8-17,19-22H2,1-5H3,(H,37,45)(H,39,41)(H,43,44). The van der Waals surface area contributed by atoms with Crippen LogP contribution in [0.15, 0.2) is 23.7 Å². The van der Waals surface area contributed by atoms with E-state index in [-0.39, 0.29) is 45.2 Å². The van der Waals surface area contributed by atoms with Crippen molar-refractivity contribution in [2.24, 2.45) is 5.41 Å². The highest BCUT2D eigenvalue weighted by molar-refractivity contribution is 7.13. The number of aliphatic hydroxyl groups is 1. The highest BCUT2D eigenvalue weighted by Crippen LogP contribution is 2.32. The van der Waals surface area contributed by atoms with E-state index in [1.165, 1.54) is 23.2 Å². The Bertz CT molecular complexity index is 1470. The summed E-state index contributed by atoms with van der Waals surface area (Å²) in [6.07, 6.45) is -0.789. The van der Waals surface area contributed by atoms with Gasteiger partial charge in [0.15, 0.2) is 0 Å². The van der Waals surface area contributed by atoms with E-state index >= 15 is 0 Å². The molecule has 1 saturated heterocycles. The lowest BCUT2D eigenvalue weighted by Gasteiger charge is -2.35. The molecule has 0 spiro atoms. The molecule has 4 N–H and O–H groups in total. The number of hydrogen-bond acceptors (Lipinski definition) is 13. The van der Waals surface area contributed by atoms with Gasteiger partial charge in [-0.1, -0.05) is 32.9 Å². The molecule has 3 rings (SSSR count). The number of aliphatic carboxylic acids is 1. The Labute approximate surface area is 314 Å². The number of carbonyl (C=O) groups excluding carboxylic acids is 3. The maximum absolute atomic E-state index is 13.6. The van der Waals surface area contributed by atoms with E-state index in [1.807, 2.05) is 45.9 Å². The molecular weight excluding hydrogens is 712 g/mol. The van der Waals surface area contributed by atoms with Crippen LogP contribution in [0.3, 0.4) is 0 Å². The van der Waals surface area contributed by atoms with E-state index in [9.17, 15) is 24.3 Å². The molecule has 2 aromatic rings. The molecule has 3 unspecified atom stereocenters. The van der Waals surface area contributed by atoms with Gasteiger partial charge in [-0.05, 0) is 24.0 Å². The lowest BCUT2D eigenvalue weighted by molar-refractivity contribution is -0.143. The van der Waals surface area contributed by atoms with Gasteiger partial charge in [-0.2, -0.15) is 0 Å². The first-order valence-electron chi connectivity index (χ1n) is 17.6. The average Bonchev–Trinajstić information content (AvgIpc) is 3.71. The number of aromatic nitrogens is 1.